The van der Waals surface area contributed by atoms with Crippen molar-refractivity contribution in [1.29, 1.82) is 0 Å². The van der Waals surface area contributed by atoms with E-state index in [2.05, 4.69) is 22.0 Å². The molecule has 6 heteroatoms. The van der Waals surface area contributed by atoms with Crippen molar-refractivity contribution < 1.29 is 12.8 Å². The first-order chi connectivity index (χ1) is 16.4. The Balaban J connectivity index is 1.34. The maximum Gasteiger partial charge on any atom is 0.155 e. The number of halogens is 1. The zero-order chi connectivity index (χ0) is 23.4. The third-order valence-corrected chi connectivity index (χ3v) is 8.01. The van der Waals surface area contributed by atoms with Gasteiger partial charge in [0.1, 0.15) is 0 Å². The molecular weight excluding hydrogens is 447 g/mol. The van der Waals surface area contributed by atoms with E-state index in [0.717, 1.165) is 52.0 Å². The fourth-order valence-corrected chi connectivity index (χ4v) is 6.33. The zero-order valence-corrected chi connectivity index (χ0v) is 20.0. The Hall–Kier alpha value is -3.12. The average molecular weight is 475 g/mol. The molecule has 2 aliphatic rings. The Bertz CT molecular complexity index is 1510. The first-order valence-corrected chi connectivity index (χ1v) is 13.9. The quantitative estimate of drug-likeness (QED) is 0.343. The van der Waals surface area contributed by atoms with Crippen molar-refractivity contribution in [3.8, 4) is 22.4 Å². The highest BCUT2D eigenvalue weighted by molar-refractivity contribution is 7.89. The van der Waals surface area contributed by atoms with Crippen LogP contribution in [0.1, 0.15) is 36.0 Å². The second-order valence-electron chi connectivity index (χ2n) is 9.66. The van der Waals surface area contributed by atoms with E-state index < -0.39 is 9.84 Å². The van der Waals surface area contributed by atoms with Gasteiger partial charge in [0.2, 0.25) is 0 Å². The third kappa shape index (κ3) is 3.70. The van der Waals surface area contributed by atoms with Gasteiger partial charge in [0, 0.05) is 48.0 Å². The molecule has 6 rings (SSSR count). The minimum Gasteiger partial charge on any atom is -0.372 e. The highest BCUT2D eigenvalue weighted by Gasteiger charge is 2.26. The zero-order valence-electron chi connectivity index (χ0n) is 19.2. The van der Waals surface area contributed by atoms with E-state index in [-0.39, 0.29) is 11.6 Å². The number of piperidine rings is 1. The molecule has 1 N–H and O–H groups in total. The molecule has 4 nitrogen and oxygen atoms in total. The number of anilines is 1. The molecule has 3 aromatic carbocycles. The van der Waals surface area contributed by atoms with Gasteiger partial charge in [-0.3, -0.25) is 0 Å². The van der Waals surface area contributed by atoms with Gasteiger partial charge in [-0.15, -0.1) is 0 Å². The van der Waals surface area contributed by atoms with Crippen molar-refractivity contribution in [2.45, 2.75) is 31.4 Å². The number of aromatic nitrogens is 1. The lowest BCUT2D eigenvalue weighted by Gasteiger charge is -2.28. The van der Waals surface area contributed by atoms with Crippen LogP contribution < -0.4 is 4.90 Å². The molecule has 1 saturated heterocycles. The number of hydrogen-bond acceptors (Lipinski definition) is 3. The largest absolute Gasteiger partial charge is 0.372 e. The average Bonchev–Trinajstić information content (AvgIpc) is 3.35. The molecule has 0 saturated carbocycles. The molecule has 0 atom stereocenters. The van der Waals surface area contributed by atoms with Gasteiger partial charge in [-0.1, -0.05) is 42.5 Å². The molecule has 34 heavy (non-hydrogen) atoms. The van der Waals surface area contributed by atoms with Gasteiger partial charge < -0.3 is 9.88 Å². The summed E-state index contributed by atoms with van der Waals surface area (Å²) in [6.07, 6.45) is 5.68. The Morgan fingerprint density at radius 1 is 0.941 bits per heavy atom. The van der Waals surface area contributed by atoms with Crippen LogP contribution in [0.15, 0.2) is 54.6 Å². The second kappa shape index (κ2) is 7.98. The summed E-state index contributed by atoms with van der Waals surface area (Å²) in [7, 11) is -3.09. The Morgan fingerprint density at radius 3 is 2.41 bits per heavy atom. The van der Waals surface area contributed by atoms with E-state index in [4.69, 9.17) is 0 Å². The standard InChI is InChI=1S/C28H27FN2O2S/c1-34(32,33)17-18-5-10-23-20(15-18)16-25-24-12-11-22(26(29)28(24)30-27(23)25)19-6-8-21(9-7-19)31-13-3-2-4-14-31/h5-12,15,30H,2-4,13-14,16-17H2,1H3. The molecule has 0 bridgehead atoms. The predicted octanol–water partition coefficient (Wildman–Crippen LogP) is 6.08. The number of aromatic amines is 1. The number of rotatable bonds is 4. The number of nitrogens with one attached hydrogen (secondary N) is 1. The molecule has 1 aromatic heterocycles. The van der Waals surface area contributed by atoms with Crippen LogP contribution in [0.3, 0.4) is 0 Å². The van der Waals surface area contributed by atoms with Gasteiger partial charge in [-0.2, -0.15) is 0 Å². The fraction of sp³-hybridized carbons (Fsp3) is 0.286. The van der Waals surface area contributed by atoms with Gasteiger partial charge in [-0.25, -0.2) is 12.8 Å². The summed E-state index contributed by atoms with van der Waals surface area (Å²) in [4.78, 5) is 5.74. The SMILES string of the molecule is CS(=O)(=O)Cc1ccc2c(c1)Cc1c-2[nH]c2c(F)c(-c3ccc(N4CCCCC4)cc3)ccc12. The molecule has 1 fully saturated rings. The van der Waals surface area contributed by atoms with Crippen molar-refractivity contribution >= 4 is 26.4 Å². The van der Waals surface area contributed by atoms with Crippen LogP contribution >= 0.6 is 0 Å². The first-order valence-electron chi connectivity index (χ1n) is 11.9. The first kappa shape index (κ1) is 21.4. The van der Waals surface area contributed by atoms with E-state index >= 15 is 4.39 Å². The van der Waals surface area contributed by atoms with Crippen molar-refractivity contribution in [3.63, 3.8) is 0 Å². The predicted molar refractivity (Wildman–Crippen MR) is 137 cm³/mol. The number of benzene rings is 3. The van der Waals surface area contributed by atoms with E-state index in [1.807, 2.05) is 42.5 Å². The molecule has 0 spiro atoms. The number of nitrogens with zero attached hydrogens (tertiary/aromatic N) is 1. The van der Waals surface area contributed by atoms with Crippen LogP contribution in [-0.2, 0) is 22.0 Å². The van der Waals surface area contributed by atoms with Crippen molar-refractivity contribution in [1.82, 2.24) is 4.98 Å². The van der Waals surface area contributed by atoms with Crippen LogP contribution in [-0.4, -0.2) is 32.7 Å². The van der Waals surface area contributed by atoms with E-state index in [9.17, 15) is 8.42 Å². The summed E-state index contributed by atoms with van der Waals surface area (Å²) in [6, 6.07) is 17.9. The molecule has 174 valence electrons. The lowest BCUT2D eigenvalue weighted by atomic mass is 10.0. The van der Waals surface area contributed by atoms with Crippen LogP contribution in [0.25, 0.3) is 33.3 Å². The maximum atomic E-state index is 15.7. The molecule has 2 heterocycles. The molecule has 0 unspecified atom stereocenters. The highest BCUT2D eigenvalue weighted by atomic mass is 32.2. The number of fused-ring (bicyclic) bond motifs is 5. The van der Waals surface area contributed by atoms with E-state index in [1.54, 1.807) is 0 Å². The van der Waals surface area contributed by atoms with Gasteiger partial charge >= 0.3 is 0 Å². The Labute approximate surface area is 199 Å². The van der Waals surface area contributed by atoms with Gasteiger partial charge in [0.05, 0.1) is 17.0 Å². The highest BCUT2D eigenvalue weighted by Crippen LogP contribution is 2.43. The Kier molecular flexibility index (Phi) is 5.03. The summed E-state index contributed by atoms with van der Waals surface area (Å²) in [6.45, 7) is 2.18. The molecular formula is C28H27FN2O2S. The van der Waals surface area contributed by atoms with Crippen LogP contribution in [0.2, 0.25) is 0 Å². The number of hydrogen-bond donors (Lipinski definition) is 1. The van der Waals surface area contributed by atoms with E-state index in [0.29, 0.717) is 17.5 Å². The van der Waals surface area contributed by atoms with Gasteiger partial charge in [-0.05, 0) is 53.6 Å². The van der Waals surface area contributed by atoms with Crippen molar-refractivity contribution in [2.24, 2.45) is 0 Å². The van der Waals surface area contributed by atoms with Crippen LogP contribution in [0, 0.1) is 5.82 Å². The summed E-state index contributed by atoms with van der Waals surface area (Å²) in [5.74, 6) is -0.198. The lowest BCUT2D eigenvalue weighted by Crippen LogP contribution is -2.29. The third-order valence-electron chi connectivity index (χ3n) is 7.15. The van der Waals surface area contributed by atoms with Crippen LogP contribution in [0.4, 0.5) is 10.1 Å². The summed E-state index contributed by atoms with van der Waals surface area (Å²) in [5.41, 5.74) is 8.13. The monoisotopic (exact) mass is 474 g/mol. The molecule has 0 amide bonds. The fourth-order valence-electron chi connectivity index (χ4n) is 5.55. The molecule has 1 aliphatic heterocycles. The second-order valence-corrected chi connectivity index (χ2v) is 11.8. The lowest BCUT2D eigenvalue weighted by molar-refractivity contribution is 0.578. The summed E-state index contributed by atoms with van der Waals surface area (Å²) < 4.78 is 39.0. The molecule has 4 aromatic rings. The summed E-state index contributed by atoms with van der Waals surface area (Å²) in [5, 5.41) is 0.891. The molecule has 1 aliphatic carbocycles. The topological polar surface area (TPSA) is 53.2 Å². The van der Waals surface area contributed by atoms with Gasteiger partial charge in [0.15, 0.2) is 15.7 Å². The smallest absolute Gasteiger partial charge is 0.155 e. The summed E-state index contributed by atoms with van der Waals surface area (Å²) >= 11 is 0. The molecule has 0 radical (unpaired) electrons. The number of H-pyrrole nitrogens is 1. The normalized spacial score (nSPS) is 15.5. The van der Waals surface area contributed by atoms with Crippen LogP contribution in [0.5, 0.6) is 0 Å². The number of sulfone groups is 1. The Morgan fingerprint density at radius 2 is 1.68 bits per heavy atom. The minimum absolute atomic E-state index is 0.0313. The van der Waals surface area contributed by atoms with E-state index in [1.165, 1.54) is 31.2 Å². The maximum absolute atomic E-state index is 15.7. The van der Waals surface area contributed by atoms with Crippen molar-refractivity contribution in [2.75, 3.05) is 24.2 Å². The van der Waals surface area contributed by atoms with Gasteiger partial charge in [0.25, 0.3) is 0 Å². The minimum atomic E-state index is -3.09. The van der Waals surface area contributed by atoms with Crippen molar-refractivity contribution in [3.05, 3.63) is 77.1 Å².